The van der Waals surface area contributed by atoms with Crippen molar-refractivity contribution in [1.82, 2.24) is 9.55 Å². The van der Waals surface area contributed by atoms with E-state index in [1.807, 2.05) is 54.6 Å². The van der Waals surface area contributed by atoms with Crippen LogP contribution in [-0.4, -0.2) is 15.5 Å². The van der Waals surface area contributed by atoms with Crippen LogP contribution in [0.4, 0.5) is 5.69 Å². The monoisotopic (exact) mass is 415 g/mol. The Hall–Kier alpha value is -3.70. The third kappa shape index (κ3) is 4.47. The van der Waals surface area contributed by atoms with E-state index in [1.165, 1.54) is 17.0 Å². The van der Waals surface area contributed by atoms with Crippen LogP contribution < -0.4 is 10.9 Å². The Kier molecular flexibility index (Phi) is 5.72. The van der Waals surface area contributed by atoms with Gasteiger partial charge in [0.1, 0.15) is 6.54 Å². The standard InChI is InChI=1S/C24H18ClN3O2/c25-19-12-10-18(11-13-19)22-14-24(30)28(16-26-22)15-23(29)27-21-9-5-4-8-20(21)17-6-2-1-3-7-17/h1-14,16H,15H2,(H,27,29). The number of benzene rings is 3. The Morgan fingerprint density at radius 3 is 2.33 bits per heavy atom. The molecule has 0 radical (unpaired) electrons. The number of hydrogen-bond acceptors (Lipinski definition) is 3. The third-order valence-electron chi connectivity index (χ3n) is 4.62. The van der Waals surface area contributed by atoms with Gasteiger partial charge < -0.3 is 5.32 Å². The van der Waals surface area contributed by atoms with Crippen molar-refractivity contribution in [3.05, 3.63) is 107 Å². The van der Waals surface area contributed by atoms with E-state index in [1.54, 1.807) is 24.3 Å². The van der Waals surface area contributed by atoms with Crippen LogP contribution in [0.25, 0.3) is 22.4 Å². The number of carbonyl (C=O) groups excluding carboxylic acids is 1. The van der Waals surface area contributed by atoms with Gasteiger partial charge in [-0.1, -0.05) is 72.3 Å². The van der Waals surface area contributed by atoms with Crippen LogP contribution in [0.1, 0.15) is 0 Å². The minimum atomic E-state index is -0.304. The Balaban J connectivity index is 1.52. The number of carbonyl (C=O) groups is 1. The number of hydrogen-bond donors (Lipinski definition) is 1. The lowest BCUT2D eigenvalue weighted by molar-refractivity contribution is -0.116. The van der Waals surface area contributed by atoms with Crippen LogP contribution in [0.15, 0.2) is 96.1 Å². The molecule has 0 aliphatic carbocycles. The van der Waals surface area contributed by atoms with Crippen molar-refractivity contribution < 1.29 is 4.79 Å². The maximum absolute atomic E-state index is 12.6. The second kappa shape index (κ2) is 8.76. The fourth-order valence-corrected chi connectivity index (χ4v) is 3.26. The van der Waals surface area contributed by atoms with Crippen molar-refractivity contribution in [3.63, 3.8) is 0 Å². The predicted molar refractivity (Wildman–Crippen MR) is 119 cm³/mol. The van der Waals surface area contributed by atoms with Crippen molar-refractivity contribution in [3.8, 4) is 22.4 Å². The molecule has 0 saturated heterocycles. The predicted octanol–water partition coefficient (Wildman–Crippen LogP) is 4.87. The molecule has 4 rings (SSSR count). The normalized spacial score (nSPS) is 10.6. The summed E-state index contributed by atoms with van der Waals surface area (Å²) in [5.41, 5.74) is 3.61. The number of nitrogens with zero attached hydrogens (tertiary/aromatic N) is 2. The minimum absolute atomic E-state index is 0.129. The van der Waals surface area contributed by atoms with Gasteiger partial charge >= 0.3 is 0 Å². The zero-order chi connectivity index (χ0) is 20.9. The molecular formula is C24H18ClN3O2. The van der Waals surface area contributed by atoms with Gasteiger partial charge in [0, 0.05) is 27.9 Å². The second-order valence-corrected chi connectivity index (χ2v) is 7.14. The molecule has 0 bridgehead atoms. The van der Waals surface area contributed by atoms with Crippen molar-refractivity contribution in [2.45, 2.75) is 6.54 Å². The van der Waals surface area contributed by atoms with Crippen LogP contribution in [0, 0.1) is 0 Å². The van der Waals surface area contributed by atoms with Crippen LogP contribution >= 0.6 is 11.6 Å². The molecule has 0 spiro atoms. The smallest absolute Gasteiger partial charge is 0.254 e. The topological polar surface area (TPSA) is 64.0 Å². The van der Waals surface area contributed by atoms with Crippen LogP contribution in [0.2, 0.25) is 5.02 Å². The molecular weight excluding hydrogens is 398 g/mol. The molecule has 1 heterocycles. The Morgan fingerprint density at radius 1 is 0.900 bits per heavy atom. The average molecular weight is 416 g/mol. The van der Waals surface area contributed by atoms with E-state index in [-0.39, 0.29) is 18.0 Å². The van der Waals surface area contributed by atoms with E-state index in [4.69, 9.17) is 11.6 Å². The molecule has 3 aromatic carbocycles. The number of halogens is 1. The summed E-state index contributed by atoms with van der Waals surface area (Å²) in [5, 5.41) is 3.51. The van der Waals surface area contributed by atoms with Crippen LogP contribution in [0.5, 0.6) is 0 Å². The van der Waals surface area contributed by atoms with Gasteiger partial charge in [-0.15, -0.1) is 0 Å². The number of amides is 1. The molecule has 6 heteroatoms. The fourth-order valence-electron chi connectivity index (χ4n) is 3.13. The van der Waals surface area contributed by atoms with E-state index in [2.05, 4.69) is 10.3 Å². The van der Waals surface area contributed by atoms with E-state index < -0.39 is 0 Å². The van der Waals surface area contributed by atoms with Gasteiger partial charge in [-0.3, -0.25) is 14.2 Å². The first-order valence-corrected chi connectivity index (χ1v) is 9.75. The first-order chi connectivity index (χ1) is 14.6. The molecule has 30 heavy (non-hydrogen) atoms. The highest BCUT2D eigenvalue weighted by Crippen LogP contribution is 2.27. The molecule has 148 valence electrons. The largest absolute Gasteiger partial charge is 0.324 e. The molecule has 0 unspecified atom stereocenters. The van der Waals surface area contributed by atoms with Crippen molar-refractivity contribution in [1.29, 1.82) is 0 Å². The summed E-state index contributed by atoms with van der Waals surface area (Å²) in [7, 11) is 0. The lowest BCUT2D eigenvalue weighted by Crippen LogP contribution is -2.27. The molecule has 1 amide bonds. The number of para-hydroxylation sites is 1. The van der Waals surface area contributed by atoms with Gasteiger partial charge in [0.05, 0.1) is 12.0 Å². The summed E-state index contributed by atoms with van der Waals surface area (Å²) in [5.74, 6) is -0.304. The molecule has 4 aromatic rings. The van der Waals surface area contributed by atoms with E-state index in [0.717, 1.165) is 16.7 Å². The maximum Gasteiger partial charge on any atom is 0.254 e. The molecule has 0 aliphatic rings. The lowest BCUT2D eigenvalue weighted by atomic mass is 10.0. The second-order valence-electron chi connectivity index (χ2n) is 6.71. The van der Waals surface area contributed by atoms with Crippen LogP contribution in [0.3, 0.4) is 0 Å². The zero-order valence-electron chi connectivity index (χ0n) is 16.0. The van der Waals surface area contributed by atoms with E-state index >= 15 is 0 Å². The van der Waals surface area contributed by atoms with Gasteiger partial charge in [0.15, 0.2) is 0 Å². The third-order valence-corrected chi connectivity index (χ3v) is 4.87. The zero-order valence-corrected chi connectivity index (χ0v) is 16.7. The molecule has 0 saturated carbocycles. The van der Waals surface area contributed by atoms with Gasteiger partial charge in [-0.05, 0) is 23.8 Å². The van der Waals surface area contributed by atoms with Crippen LogP contribution in [-0.2, 0) is 11.3 Å². The minimum Gasteiger partial charge on any atom is -0.324 e. The van der Waals surface area contributed by atoms with Crippen molar-refractivity contribution >= 4 is 23.2 Å². The first-order valence-electron chi connectivity index (χ1n) is 9.37. The molecule has 1 N–H and O–H groups in total. The first kappa shape index (κ1) is 19.6. The summed E-state index contributed by atoms with van der Waals surface area (Å²) in [6.45, 7) is -0.129. The lowest BCUT2D eigenvalue weighted by Gasteiger charge is -2.12. The highest BCUT2D eigenvalue weighted by molar-refractivity contribution is 6.30. The highest BCUT2D eigenvalue weighted by Gasteiger charge is 2.10. The summed E-state index contributed by atoms with van der Waals surface area (Å²) >= 11 is 5.90. The van der Waals surface area contributed by atoms with Gasteiger partial charge in [0.2, 0.25) is 5.91 Å². The van der Waals surface area contributed by atoms with Gasteiger partial charge in [-0.2, -0.15) is 0 Å². The van der Waals surface area contributed by atoms with Crippen molar-refractivity contribution in [2.75, 3.05) is 5.32 Å². The molecule has 0 aliphatic heterocycles. The molecule has 0 fully saturated rings. The quantitative estimate of drug-likeness (QED) is 0.505. The summed E-state index contributed by atoms with van der Waals surface area (Å²) in [6.07, 6.45) is 1.38. The van der Waals surface area contributed by atoms with Crippen molar-refractivity contribution in [2.24, 2.45) is 0 Å². The summed E-state index contributed by atoms with van der Waals surface area (Å²) in [6, 6.07) is 25.8. The number of anilines is 1. The Bertz CT molecular complexity index is 1240. The fraction of sp³-hybridized carbons (Fsp3) is 0.0417. The van der Waals surface area contributed by atoms with E-state index in [0.29, 0.717) is 16.4 Å². The SMILES string of the molecule is O=C(Cn1cnc(-c2ccc(Cl)cc2)cc1=O)Nc1ccccc1-c1ccccc1. The summed E-state index contributed by atoms with van der Waals surface area (Å²) in [4.78, 5) is 29.4. The number of rotatable bonds is 5. The number of aromatic nitrogens is 2. The molecule has 5 nitrogen and oxygen atoms in total. The average Bonchev–Trinajstić information content (AvgIpc) is 2.77. The number of nitrogens with one attached hydrogen (secondary N) is 1. The Morgan fingerprint density at radius 2 is 1.60 bits per heavy atom. The van der Waals surface area contributed by atoms with Gasteiger partial charge in [0.25, 0.3) is 5.56 Å². The van der Waals surface area contributed by atoms with E-state index in [9.17, 15) is 9.59 Å². The van der Waals surface area contributed by atoms with Gasteiger partial charge in [-0.25, -0.2) is 4.98 Å². The molecule has 0 atom stereocenters. The highest BCUT2D eigenvalue weighted by atomic mass is 35.5. The molecule has 1 aromatic heterocycles. The maximum atomic E-state index is 12.6. The summed E-state index contributed by atoms with van der Waals surface area (Å²) < 4.78 is 1.28. The Labute approximate surface area is 178 Å².